The van der Waals surface area contributed by atoms with Crippen molar-refractivity contribution in [2.24, 2.45) is 0 Å². The van der Waals surface area contributed by atoms with Crippen LogP contribution in [0.4, 0.5) is 11.8 Å². The molecule has 2 aromatic carbocycles. The van der Waals surface area contributed by atoms with Gasteiger partial charge < -0.3 is 15.8 Å². The van der Waals surface area contributed by atoms with Crippen LogP contribution in [0.15, 0.2) is 78.0 Å². The third kappa shape index (κ3) is 4.47. The Bertz CT molecular complexity index is 1610. The van der Waals surface area contributed by atoms with Gasteiger partial charge >= 0.3 is 6.01 Å². The van der Waals surface area contributed by atoms with Crippen LogP contribution in [0.25, 0.3) is 27.6 Å². The van der Waals surface area contributed by atoms with E-state index in [1.807, 2.05) is 61.5 Å². The number of nitrogen functional groups attached to an aromatic ring is 1. The maximum atomic E-state index is 14.2. The Labute approximate surface area is 220 Å². The van der Waals surface area contributed by atoms with Crippen molar-refractivity contribution in [3.05, 3.63) is 92.8 Å². The van der Waals surface area contributed by atoms with Crippen molar-refractivity contribution in [2.45, 2.75) is 13.0 Å². The number of nitrogens with one attached hydrogen (secondary N) is 1. The van der Waals surface area contributed by atoms with Gasteiger partial charge in [0.1, 0.15) is 5.82 Å². The number of fused-ring (bicyclic) bond motifs is 1. The van der Waals surface area contributed by atoms with Crippen LogP contribution in [-0.2, 0) is 0 Å². The van der Waals surface area contributed by atoms with Crippen LogP contribution in [-0.4, -0.2) is 31.6 Å². The van der Waals surface area contributed by atoms with E-state index in [9.17, 15) is 4.79 Å². The van der Waals surface area contributed by atoms with E-state index in [-0.39, 0.29) is 23.6 Å². The molecule has 10 heteroatoms. The lowest BCUT2D eigenvalue weighted by atomic mass is 9.99. The number of hydrogen-bond acceptors (Lipinski definition) is 8. The third-order valence-electron chi connectivity index (χ3n) is 5.77. The zero-order valence-corrected chi connectivity index (χ0v) is 21.7. The Hall–Kier alpha value is -4.06. The number of benzene rings is 2. The maximum absolute atomic E-state index is 14.2. The van der Waals surface area contributed by atoms with Crippen LogP contribution < -0.4 is 21.3 Å². The lowest BCUT2D eigenvalue weighted by molar-refractivity contribution is 0.380. The number of hydrogen-bond donors (Lipinski definition) is 2. The zero-order valence-electron chi connectivity index (χ0n) is 19.5. The minimum absolute atomic E-state index is 0.148. The number of rotatable bonds is 6. The van der Waals surface area contributed by atoms with Crippen LogP contribution in [0.2, 0.25) is 0 Å². The van der Waals surface area contributed by atoms with Crippen LogP contribution in [0.5, 0.6) is 6.01 Å². The predicted octanol–water partition coefficient (Wildman–Crippen LogP) is 4.61. The summed E-state index contributed by atoms with van der Waals surface area (Å²) in [5.74, 6) is 0.780. The molecule has 5 rings (SSSR count). The van der Waals surface area contributed by atoms with Crippen molar-refractivity contribution < 1.29 is 4.74 Å². The van der Waals surface area contributed by atoms with Crippen molar-refractivity contribution in [2.75, 3.05) is 18.2 Å². The first-order valence-electron chi connectivity index (χ1n) is 11.1. The number of aromatic nitrogens is 5. The average Bonchev–Trinajstić information content (AvgIpc) is 2.90. The lowest BCUT2D eigenvalue weighted by Gasteiger charge is -2.22. The van der Waals surface area contributed by atoms with E-state index in [4.69, 9.17) is 10.5 Å². The number of methoxy groups -OCH3 is 1. The third-order valence-corrected chi connectivity index (χ3v) is 6.56. The molecule has 36 heavy (non-hydrogen) atoms. The number of para-hydroxylation sites is 1. The van der Waals surface area contributed by atoms with Crippen molar-refractivity contribution in [3.63, 3.8) is 0 Å². The van der Waals surface area contributed by atoms with E-state index >= 15 is 0 Å². The monoisotopic (exact) mass is 591 g/mol. The van der Waals surface area contributed by atoms with E-state index < -0.39 is 0 Å². The maximum Gasteiger partial charge on any atom is 0.316 e. The summed E-state index contributed by atoms with van der Waals surface area (Å²) in [6, 6.07) is 17.3. The number of nitrogens with two attached hydrogens (primary N) is 1. The summed E-state index contributed by atoms with van der Waals surface area (Å²) in [6.45, 7) is 1.98. The van der Waals surface area contributed by atoms with Crippen molar-refractivity contribution in [1.29, 1.82) is 0 Å². The first-order chi connectivity index (χ1) is 17.5. The molecule has 3 heterocycles. The molecule has 0 spiro atoms. The fourth-order valence-corrected chi connectivity index (χ4v) is 4.52. The highest BCUT2D eigenvalue weighted by molar-refractivity contribution is 14.1. The minimum Gasteiger partial charge on any atom is -0.467 e. The molecule has 0 aliphatic rings. The Morgan fingerprint density at radius 1 is 1.03 bits per heavy atom. The molecule has 0 aliphatic heterocycles. The summed E-state index contributed by atoms with van der Waals surface area (Å²) in [5.41, 5.74) is 8.66. The SMILES string of the molecule is COc1ncc(-c2cccc3cc([C@H](C)Nc4nc(N)ncc4I)n(-c4ccccc4)c(=O)c23)cn1. The molecule has 9 nitrogen and oxygen atoms in total. The summed E-state index contributed by atoms with van der Waals surface area (Å²) >= 11 is 2.15. The Morgan fingerprint density at radius 3 is 2.50 bits per heavy atom. The van der Waals surface area contributed by atoms with Crippen molar-refractivity contribution in [3.8, 4) is 22.8 Å². The van der Waals surface area contributed by atoms with Gasteiger partial charge in [0, 0.05) is 35.5 Å². The van der Waals surface area contributed by atoms with Crippen LogP contribution in [0, 0.1) is 3.57 Å². The molecule has 0 fully saturated rings. The normalized spacial score (nSPS) is 11.9. The Morgan fingerprint density at radius 2 is 1.78 bits per heavy atom. The number of pyridine rings is 1. The van der Waals surface area contributed by atoms with Crippen molar-refractivity contribution in [1.82, 2.24) is 24.5 Å². The van der Waals surface area contributed by atoms with Gasteiger partial charge in [-0.1, -0.05) is 36.4 Å². The average molecular weight is 591 g/mol. The number of halogens is 1. The van der Waals surface area contributed by atoms with Gasteiger partial charge in [0.05, 0.1) is 22.1 Å². The summed E-state index contributed by atoms with van der Waals surface area (Å²) in [7, 11) is 1.51. The van der Waals surface area contributed by atoms with E-state index in [1.165, 1.54) is 7.11 Å². The molecule has 0 aliphatic carbocycles. The number of ether oxygens (including phenoxy) is 1. The minimum atomic E-state index is -0.280. The Kier molecular flexibility index (Phi) is 6.51. The molecule has 0 saturated heterocycles. The molecular formula is C26H22IN7O2. The van der Waals surface area contributed by atoms with Crippen LogP contribution in [0.3, 0.4) is 0 Å². The summed E-state index contributed by atoms with van der Waals surface area (Å²) in [4.78, 5) is 31.0. The largest absolute Gasteiger partial charge is 0.467 e. The van der Waals surface area contributed by atoms with Gasteiger partial charge in [0.25, 0.3) is 5.56 Å². The van der Waals surface area contributed by atoms with Gasteiger partial charge in [-0.25, -0.2) is 15.0 Å². The zero-order chi connectivity index (χ0) is 25.2. The second-order valence-electron chi connectivity index (χ2n) is 8.06. The van der Waals surface area contributed by atoms with Gasteiger partial charge in [-0.15, -0.1) is 0 Å². The first-order valence-corrected chi connectivity index (χ1v) is 12.2. The molecule has 0 saturated carbocycles. The molecule has 0 radical (unpaired) electrons. The summed E-state index contributed by atoms with van der Waals surface area (Å²) < 4.78 is 7.64. The second kappa shape index (κ2) is 9.90. The molecule has 3 aromatic heterocycles. The molecule has 180 valence electrons. The van der Waals surface area contributed by atoms with E-state index in [0.717, 1.165) is 31.5 Å². The molecule has 1 atom stereocenters. The van der Waals surface area contributed by atoms with Gasteiger partial charge in [0.15, 0.2) is 0 Å². The van der Waals surface area contributed by atoms with Gasteiger partial charge in [0.2, 0.25) is 5.95 Å². The molecule has 3 N–H and O–H groups in total. The number of nitrogens with zero attached hydrogens (tertiary/aromatic N) is 5. The second-order valence-corrected chi connectivity index (χ2v) is 9.23. The van der Waals surface area contributed by atoms with E-state index in [0.29, 0.717) is 11.2 Å². The van der Waals surface area contributed by atoms with Gasteiger partial charge in [-0.2, -0.15) is 4.98 Å². The predicted molar refractivity (Wildman–Crippen MR) is 148 cm³/mol. The summed E-state index contributed by atoms with van der Waals surface area (Å²) in [5, 5.41) is 4.78. The number of anilines is 2. The Balaban J connectivity index is 1.73. The molecule has 0 bridgehead atoms. The first kappa shape index (κ1) is 23.7. The van der Waals surface area contributed by atoms with Crippen LogP contribution in [0.1, 0.15) is 18.7 Å². The van der Waals surface area contributed by atoms with Gasteiger partial charge in [-0.3, -0.25) is 9.36 Å². The fourth-order valence-electron chi connectivity index (χ4n) is 4.11. The quantitative estimate of drug-likeness (QED) is 0.275. The van der Waals surface area contributed by atoms with Crippen LogP contribution >= 0.6 is 22.6 Å². The summed E-state index contributed by atoms with van der Waals surface area (Å²) in [6.07, 6.45) is 4.98. The standard InChI is InChI=1S/C26H22IN7O2/c1-15(32-23-20(27)14-29-25(28)33-23)21-11-16-7-6-10-19(17-12-30-26(36-2)31-13-17)22(16)24(35)34(21)18-8-4-3-5-9-18/h3-15H,1-2H3,(H3,28,29,32,33)/t15-/m0/s1. The molecular weight excluding hydrogens is 569 g/mol. The van der Waals surface area contributed by atoms with Crippen molar-refractivity contribution >= 4 is 45.1 Å². The highest BCUT2D eigenvalue weighted by atomic mass is 127. The van der Waals surface area contributed by atoms with Gasteiger partial charge in [-0.05, 0) is 58.7 Å². The lowest BCUT2D eigenvalue weighted by Crippen LogP contribution is -2.26. The smallest absolute Gasteiger partial charge is 0.316 e. The molecule has 0 amide bonds. The highest BCUT2D eigenvalue weighted by Gasteiger charge is 2.20. The molecule has 5 aromatic rings. The fraction of sp³-hybridized carbons (Fsp3) is 0.115. The topological polar surface area (TPSA) is 121 Å². The van der Waals surface area contributed by atoms with E-state index in [1.54, 1.807) is 23.2 Å². The van der Waals surface area contributed by atoms with E-state index in [2.05, 4.69) is 47.8 Å². The molecule has 0 unspecified atom stereocenters. The highest BCUT2D eigenvalue weighted by Crippen LogP contribution is 2.30.